The monoisotopic (exact) mass is 603 g/mol. The van der Waals surface area contributed by atoms with Crippen LogP contribution < -0.4 is 9.47 Å². The van der Waals surface area contributed by atoms with Crippen LogP contribution in [0.4, 0.5) is 17.6 Å². The third-order valence-electron chi connectivity index (χ3n) is 6.67. The molecule has 0 saturated heterocycles. The van der Waals surface area contributed by atoms with Gasteiger partial charge in [0, 0.05) is 35.3 Å². The maximum Gasteiger partial charge on any atom is 0.419 e. The molecular formula is C29H22ClF4N3O5. The van der Waals surface area contributed by atoms with Crippen molar-refractivity contribution in [1.29, 1.82) is 0 Å². The van der Waals surface area contributed by atoms with Crippen LogP contribution in [0, 0.1) is 5.82 Å². The number of aromatic carboxylic acids is 1. The van der Waals surface area contributed by atoms with Gasteiger partial charge in [0.25, 0.3) is 5.91 Å². The van der Waals surface area contributed by atoms with Gasteiger partial charge in [0.15, 0.2) is 5.69 Å². The summed E-state index contributed by atoms with van der Waals surface area (Å²) in [7, 11) is 1.65. The number of aryl methyl sites for hydroxylation is 1. The lowest BCUT2D eigenvalue weighted by Crippen LogP contribution is -2.35. The molecule has 13 heteroatoms. The van der Waals surface area contributed by atoms with E-state index in [4.69, 9.17) is 26.2 Å². The van der Waals surface area contributed by atoms with Crippen molar-refractivity contribution in [2.45, 2.75) is 19.3 Å². The molecular weight excluding hydrogens is 582 g/mol. The van der Waals surface area contributed by atoms with Crippen LogP contribution in [0.15, 0.2) is 60.7 Å². The molecule has 1 aromatic heterocycles. The van der Waals surface area contributed by atoms with Gasteiger partial charge in [-0.1, -0.05) is 29.8 Å². The van der Waals surface area contributed by atoms with Crippen molar-refractivity contribution in [2.24, 2.45) is 7.05 Å². The van der Waals surface area contributed by atoms with Crippen LogP contribution in [0.1, 0.15) is 37.5 Å². The first-order chi connectivity index (χ1) is 19.9. The number of hydrogen-bond donors (Lipinski definition) is 1. The normalized spacial score (nSPS) is 12.2. The number of rotatable bonds is 8. The molecule has 5 rings (SSSR count). The predicted octanol–water partition coefficient (Wildman–Crippen LogP) is 6.21. The summed E-state index contributed by atoms with van der Waals surface area (Å²) in [5.41, 5.74) is 0.0740. The van der Waals surface area contributed by atoms with Gasteiger partial charge in [-0.15, -0.1) is 0 Å². The molecule has 2 heterocycles. The standard InChI is InChI=1S/C29H22ClF4N3O5/c1-36-26-19-13-18(30)7-9-23(19)42-15-20(26)25(35-36)27(38)37(14-17-4-2-3-5-22(17)31)10-11-41-24-8-6-16(28(39)40)12-21(24)29(32,33)34/h2-9,12-13H,10-11,14-15H2,1H3,(H,39,40). The van der Waals surface area contributed by atoms with Crippen LogP contribution in [0.3, 0.4) is 0 Å². The van der Waals surface area contributed by atoms with Crippen molar-refractivity contribution >= 4 is 23.5 Å². The molecule has 8 nitrogen and oxygen atoms in total. The van der Waals surface area contributed by atoms with Crippen molar-refractivity contribution in [1.82, 2.24) is 14.7 Å². The largest absolute Gasteiger partial charge is 0.491 e. The zero-order valence-electron chi connectivity index (χ0n) is 21.9. The van der Waals surface area contributed by atoms with Gasteiger partial charge >= 0.3 is 12.1 Å². The maximum absolute atomic E-state index is 14.6. The quantitative estimate of drug-likeness (QED) is 0.241. The highest BCUT2D eigenvalue weighted by molar-refractivity contribution is 6.31. The van der Waals surface area contributed by atoms with E-state index in [1.54, 1.807) is 31.3 Å². The SMILES string of the molecule is Cn1nc(C(=O)N(CCOc2ccc(C(=O)O)cc2C(F)(F)F)Cc2ccccc2F)c2c1-c1cc(Cl)ccc1OC2. The first kappa shape index (κ1) is 28.9. The lowest BCUT2D eigenvalue weighted by molar-refractivity contribution is -0.139. The van der Waals surface area contributed by atoms with Gasteiger partial charge in [0.05, 0.1) is 23.4 Å². The number of hydrogen-bond acceptors (Lipinski definition) is 5. The molecule has 0 spiro atoms. The molecule has 1 N–H and O–H groups in total. The Morgan fingerprint density at radius 1 is 1.14 bits per heavy atom. The van der Waals surface area contributed by atoms with E-state index >= 15 is 0 Å². The molecule has 1 aliphatic heterocycles. The molecule has 1 aliphatic rings. The molecule has 3 aromatic carbocycles. The van der Waals surface area contributed by atoms with Crippen molar-refractivity contribution in [2.75, 3.05) is 13.2 Å². The number of alkyl halides is 3. The first-order valence-corrected chi connectivity index (χ1v) is 12.9. The molecule has 0 saturated carbocycles. The number of amides is 1. The number of benzene rings is 3. The average molecular weight is 604 g/mol. The van der Waals surface area contributed by atoms with Crippen LogP contribution >= 0.6 is 11.6 Å². The molecule has 0 aliphatic carbocycles. The number of ether oxygens (including phenoxy) is 2. The second-order valence-corrected chi connectivity index (χ2v) is 9.85. The molecule has 0 bridgehead atoms. The minimum atomic E-state index is -4.89. The van der Waals surface area contributed by atoms with Gasteiger partial charge in [0.2, 0.25) is 0 Å². The summed E-state index contributed by atoms with van der Waals surface area (Å²) in [6.45, 7) is -0.874. The summed E-state index contributed by atoms with van der Waals surface area (Å²) >= 11 is 6.18. The zero-order chi connectivity index (χ0) is 30.2. The summed E-state index contributed by atoms with van der Waals surface area (Å²) in [6, 6.07) is 13.2. The van der Waals surface area contributed by atoms with Crippen molar-refractivity contribution in [3.8, 4) is 22.8 Å². The van der Waals surface area contributed by atoms with Crippen LogP contribution in [0.2, 0.25) is 5.02 Å². The van der Waals surface area contributed by atoms with Crippen molar-refractivity contribution in [3.05, 3.63) is 99.5 Å². The number of carboxylic acid groups (broad SMARTS) is 1. The van der Waals surface area contributed by atoms with E-state index in [9.17, 15) is 27.2 Å². The first-order valence-electron chi connectivity index (χ1n) is 12.5. The molecule has 0 atom stereocenters. The van der Waals surface area contributed by atoms with Gasteiger partial charge in [-0.05, 0) is 42.5 Å². The molecule has 1 amide bonds. The number of aromatic nitrogens is 2. The number of carbonyl (C=O) groups excluding carboxylic acids is 1. The Morgan fingerprint density at radius 2 is 1.90 bits per heavy atom. The van der Waals surface area contributed by atoms with Gasteiger partial charge in [0.1, 0.15) is 30.5 Å². The van der Waals surface area contributed by atoms with Gasteiger partial charge < -0.3 is 19.5 Å². The van der Waals surface area contributed by atoms with E-state index in [-0.39, 0.29) is 31.0 Å². The van der Waals surface area contributed by atoms with E-state index in [1.807, 2.05) is 0 Å². The molecule has 218 valence electrons. The Hall–Kier alpha value is -4.58. The number of nitrogens with zero attached hydrogens (tertiary/aromatic N) is 3. The lowest BCUT2D eigenvalue weighted by atomic mass is 10.0. The highest BCUT2D eigenvalue weighted by Gasteiger charge is 2.36. The Morgan fingerprint density at radius 3 is 2.62 bits per heavy atom. The van der Waals surface area contributed by atoms with Crippen LogP contribution in [-0.2, 0) is 26.4 Å². The molecule has 0 radical (unpaired) electrons. The summed E-state index contributed by atoms with van der Waals surface area (Å²) in [4.78, 5) is 26.3. The highest BCUT2D eigenvalue weighted by atomic mass is 35.5. The minimum absolute atomic E-state index is 0.0216. The Balaban J connectivity index is 1.45. The van der Waals surface area contributed by atoms with E-state index in [2.05, 4.69) is 5.10 Å². The Kier molecular flexibility index (Phi) is 7.83. The highest BCUT2D eigenvalue weighted by Crippen LogP contribution is 2.40. The van der Waals surface area contributed by atoms with E-state index in [1.165, 1.54) is 27.8 Å². The fraction of sp³-hybridized carbons (Fsp3) is 0.207. The minimum Gasteiger partial charge on any atom is -0.491 e. The van der Waals surface area contributed by atoms with Gasteiger partial charge in [-0.3, -0.25) is 9.48 Å². The Bertz CT molecular complexity index is 1690. The fourth-order valence-corrected chi connectivity index (χ4v) is 4.86. The second kappa shape index (κ2) is 11.4. The van der Waals surface area contributed by atoms with Gasteiger partial charge in [-0.25, -0.2) is 9.18 Å². The van der Waals surface area contributed by atoms with Crippen LogP contribution in [0.25, 0.3) is 11.3 Å². The van der Waals surface area contributed by atoms with Gasteiger partial charge in [-0.2, -0.15) is 18.3 Å². The number of halogens is 5. The van der Waals surface area contributed by atoms with Crippen molar-refractivity contribution < 1.29 is 41.7 Å². The smallest absolute Gasteiger partial charge is 0.419 e. The third-order valence-corrected chi connectivity index (χ3v) is 6.91. The number of carboxylic acids is 1. The van der Waals surface area contributed by atoms with Crippen LogP contribution in [0.5, 0.6) is 11.5 Å². The van der Waals surface area contributed by atoms with E-state index in [0.29, 0.717) is 33.7 Å². The predicted molar refractivity (Wildman–Crippen MR) is 143 cm³/mol. The summed E-state index contributed by atoms with van der Waals surface area (Å²) in [6.07, 6.45) is -4.89. The van der Waals surface area contributed by atoms with Crippen molar-refractivity contribution in [3.63, 3.8) is 0 Å². The summed E-state index contributed by atoms with van der Waals surface area (Å²) < 4.78 is 68.2. The fourth-order valence-electron chi connectivity index (χ4n) is 4.69. The average Bonchev–Trinajstić information content (AvgIpc) is 3.29. The topological polar surface area (TPSA) is 93.9 Å². The maximum atomic E-state index is 14.6. The molecule has 0 unspecified atom stereocenters. The number of carbonyl (C=O) groups is 2. The molecule has 42 heavy (non-hydrogen) atoms. The van der Waals surface area contributed by atoms with E-state index in [0.717, 1.165) is 12.1 Å². The Labute approximate surface area is 241 Å². The summed E-state index contributed by atoms with van der Waals surface area (Å²) in [5.74, 6) is -2.77. The van der Waals surface area contributed by atoms with Crippen LogP contribution in [-0.4, -0.2) is 44.8 Å². The molecule has 0 fully saturated rings. The lowest BCUT2D eigenvalue weighted by Gasteiger charge is -2.24. The molecule has 4 aromatic rings. The summed E-state index contributed by atoms with van der Waals surface area (Å²) in [5, 5.41) is 14.0. The third kappa shape index (κ3) is 5.75. The van der Waals surface area contributed by atoms with E-state index < -0.39 is 47.4 Å². The zero-order valence-corrected chi connectivity index (χ0v) is 22.7. The number of fused-ring (bicyclic) bond motifs is 3. The second-order valence-electron chi connectivity index (χ2n) is 9.41.